The lowest BCUT2D eigenvalue weighted by molar-refractivity contribution is -0.107. The zero-order valence-electron chi connectivity index (χ0n) is 8.16. The van der Waals surface area contributed by atoms with Crippen LogP contribution in [0, 0.1) is 17.7 Å². The van der Waals surface area contributed by atoms with E-state index in [1.807, 2.05) is 0 Å². The number of rotatable bonds is 2. The topological polar surface area (TPSA) is 80.4 Å². The summed E-state index contributed by atoms with van der Waals surface area (Å²) in [5.74, 6) is 2.81. The molecule has 1 aromatic carbocycles. The fourth-order valence-electron chi connectivity index (χ4n) is 1.09. The van der Waals surface area contributed by atoms with Crippen molar-refractivity contribution in [2.75, 3.05) is 5.73 Å². The summed E-state index contributed by atoms with van der Waals surface area (Å²) >= 11 is 0. The van der Waals surface area contributed by atoms with Gasteiger partial charge in [-0.2, -0.15) is 0 Å². The van der Waals surface area contributed by atoms with E-state index in [1.165, 1.54) is 0 Å². The molecule has 82 valence electrons. The molecule has 3 N–H and O–H groups in total. The molecule has 0 amide bonds. The first-order valence-corrected chi connectivity index (χ1v) is 4.31. The first kappa shape index (κ1) is 11.7. The molecular weight excluding hydrogens is 213 g/mol. The van der Waals surface area contributed by atoms with Crippen LogP contribution >= 0.6 is 0 Å². The Morgan fingerprint density at radius 3 is 2.81 bits per heavy atom. The fraction of sp³-hybridized carbons (Fsp3) is 0.0909. The van der Waals surface area contributed by atoms with Crippen LogP contribution in [-0.4, -0.2) is 17.4 Å². The minimum Gasteiger partial charge on any atom is -0.478 e. The van der Waals surface area contributed by atoms with Gasteiger partial charge in [-0.25, -0.2) is 9.18 Å². The molecule has 0 radical (unpaired) electrons. The van der Waals surface area contributed by atoms with Gasteiger partial charge in [0.05, 0.1) is 23.2 Å². The molecule has 0 bridgehead atoms. The molecule has 4 nitrogen and oxygen atoms in total. The number of nitrogen functional groups attached to an aromatic ring is 1. The van der Waals surface area contributed by atoms with E-state index in [4.69, 9.17) is 10.8 Å². The maximum atomic E-state index is 13.0. The minimum absolute atomic E-state index is 0.0155. The second kappa shape index (κ2) is 4.94. The lowest BCUT2D eigenvalue weighted by Crippen LogP contribution is -2.05. The summed E-state index contributed by atoms with van der Waals surface area (Å²) in [6.45, 7) is 0. The molecule has 0 aliphatic carbocycles. The Morgan fingerprint density at radius 2 is 2.25 bits per heavy atom. The number of hydrogen-bond acceptors (Lipinski definition) is 3. The molecule has 16 heavy (non-hydrogen) atoms. The summed E-state index contributed by atoms with van der Waals surface area (Å²) in [6.07, 6.45) is 0.568. The molecule has 0 spiro atoms. The zero-order chi connectivity index (χ0) is 12.1. The van der Waals surface area contributed by atoms with Crippen molar-refractivity contribution >= 4 is 17.9 Å². The van der Waals surface area contributed by atoms with E-state index in [2.05, 4.69) is 11.8 Å². The van der Waals surface area contributed by atoms with Crippen molar-refractivity contribution in [1.29, 1.82) is 0 Å². The van der Waals surface area contributed by atoms with Crippen LogP contribution < -0.4 is 5.73 Å². The van der Waals surface area contributed by atoms with Crippen LogP contribution in [0.2, 0.25) is 0 Å². The summed E-state index contributed by atoms with van der Waals surface area (Å²) in [5, 5.41) is 8.74. The maximum Gasteiger partial charge on any atom is 0.337 e. The number of aldehydes is 1. The number of nitrogens with two attached hydrogens (primary N) is 1. The van der Waals surface area contributed by atoms with Crippen molar-refractivity contribution in [3.05, 3.63) is 29.1 Å². The number of carbonyl (C=O) groups is 2. The monoisotopic (exact) mass is 221 g/mol. The second-order valence-electron chi connectivity index (χ2n) is 2.89. The van der Waals surface area contributed by atoms with E-state index < -0.39 is 11.8 Å². The molecule has 0 unspecified atom stereocenters. The summed E-state index contributed by atoms with van der Waals surface area (Å²) < 4.78 is 13.0. The Morgan fingerprint density at radius 1 is 1.56 bits per heavy atom. The molecule has 1 aromatic rings. The number of aromatic carboxylic acids is 1. The number of carbonyl (C=O) groups excluding carboxylic acids is 1. The fourth-order valence-corrected chi connectivity index (χ4v) is 1.09. The second-order valence-corrected chi connectivity index (χ2v) is 2.89. The van der Waals surface area contributed by atoms with Gasteiger partial charge in [0.15, 0.2) is 0 Å². The van der Waals surface area contributed by atoms with Crippen LogP contribution in [0.15, 0.2) is 12.1 Å². The van der Waals surface area contributed by atoms with Gasteiger partial charge in [-0.15, -0.1) is 0 Å². The van der Waals surface area contributed by atoms with E-state index in [0.717, 1.165) is 12.1 Å². The number of hydrogen-bond donors (Lipinski definition) is 2. The Labute approximate surface area is 90.9 Å². The van der Waals surface area contributed by atoms with Crippen molar-refractivity contribution in [2.24, 2.45) is 0 Å². The summed E-state index contributed by atoms with van der Waals surface area (Å²) in [5.41, 5.74) is 5.12. The predicted molar refractivity (Wildman–Crippen MR) is 55.3 cm³/mol. The van der Waals surface area contributed by atoms with Crippen LogP contribution in [-0.2, 0) is 4.79 Å². The maximum absolute atomic E-state index is 13.0. The third kappa shape index (κ3) is 2.58. The highest BCUT2D eigenvalue weighted by Crippen LogP contribution is 2.19. The number of anilines is 1. The molecule has 0 saturated carbocycles. The van der Waals surface area contributed by atoms with Gasteiger partial charge in [0.25, 0.3) is 0 Å². The third-order valence-corrected chi connectivity index (χ3v) is 1.78. The lowest BCUT2D eigenvalue weighted by Gasteiger charge is -2.03. The van der Waals surface area contributed by atoms with E-state index in [0.29, 0.717) is 6.29 Å². The SMILES string of the molecule is Nc1c(C#CCC=O)cc(F)cc1C(=O)O. The predicted octanol–water partition coefficient (Wildman–Crippen LogP) is 1.05. The van der Waals surface area contributed by atoms with Gasteiger partial charge < -0.3 is 15.6 Å². The van der Waals surface area contributed by atoms with Crippen LogP contribution in [0.5, 0.6) is 0 Å². The Bertz CT molecular complexity index is 500. The van der Waals surface area contributed by atoms with E-state index in [1.54, 1.807) is 0 Å². The summed E-state index contributed by atoms with van der Waals surface area (Å²) in [6, 6.07) is 1.85. The molecular formula is C11H8FNO3. The molecule has 0 aliphatic rings. The smallest absolute Gasteiger partial charge is 0.337 e. The number of carboxylic acid groups (broad SMARTS) is 1. The molecule has 0 fully saturated rings. The Balaban J connectivity index is 3.25. The van der Waals surface area contributed by atoms with Crippen molar-refractivity contribution in [3.8, 4) is 11.8 Å². The van der Waals surface area contributed by atoms with Crippen molar-refractivity contribution < 1.29 is 19.1 Å². The molecule has 0 aromatic heterocycles. The van der Waals surface area contributed by atoms with Gasteiger partial charge in [-0.1, -0.05) is 11.8 Å². The van der Waals surface area contributed by atoms with E-state index in [9.17, 15) is 14.0 Å². The average Bonchev–Trinajstić information content (AvgIpc) is 2.22. The average molecular weight is 221 g/mol. The van der Waals surface area contributed by atoms with Crippen LogP contribution in [0.1, 0.15) is 22.3 Å². The van der Waals surface area contributed by atoms with Gasteiger partial charge in [-0.3, -0.25) is 0 Å². The summed E-state index contributed by atoms with van der Waals surface area (Å²) in [4.78, 5) is 20.7. The highest BCUT2D eigenvalue weighted by atomic mass is 19.1. The van der Waals surface area contributed by atoms with Gasteiger partial charge in [0.2, 0.25) is 0 Å². The van der Waals surface area contributed by atoms with Gasteiger partial charge in [0, 0.05) is 0 Å². The van der Waals surface area contributed by atoms with Crippen molar-refractivity contribution in [3.63, 3.8) is 0 Å². The quantitative estimate of drug-likeness (QED) is 0.444. The Hall–Kier alpha value is -2.35. The zero-order valence-corrected chi connectivity index (χ0v) is 8.16. The van der Waals surface area contributed by atoms with Crippen LogP contribution in [0.4, 0.5) is 10.1 Å². The van der Waals surface area contributed by atoms with Crippen LogP contribution in [0.25, 0.3) is 0 Å². The standard InChI is InChI=1S/C11H8FNO3/c12-8-5-7(3-1-2-4-14)10(13)9(6-8)11(15)16/h4-6H,2,13H2,(H,15,16). The molecule has 1 rings (SSSR count). The largest absolute Gasteiger partial charge is 0.478 e. The molecule has 0 heterocycles. The lowest BCUT2D eigenvalue weighted by atomic mass is 10.1. The number of halogens is 1. The van der Waals surface area contributed by atoms with E-state index >= 15 is 0 Å². The molecule has 0 saturated heterocycles. The van der Waals surface area contributed by atoms with Gasteiger partial charge in [0.1, 0.15) is 12.1 Å². The first-order chi connectivity index (χ1) is 7.56. The van der Waals surface area contributed by atoms with E-state index in [-0.39, 0.29) is 23.2 Å². The number of benzene rings is 1. The first-order valence-electron chi connectivity index (χ1n) is 4.31. The van der Waals surface area contributed by atoms with Crippen LogP contribution in [0.3, 0.4) is 0 Å². The highest BCUT2D eigenvalue weighted by Gasteiger charge is 2.12. The number of carboxylic acids is 1. The molecule has 0 atom stereocenters. The summed E-state index contributed by atoms with van der Waals surface area (Å²) in [7, 11) is 0. The van der Waals surface area contributed by atoms with Gasteiger partial charge in [-0.05, 0) is 12.1 Å². The molecule has 5 heteroatoms. The minimum atomic E-state index is -1.32. The third-order valence-electron chi connectivity index (χ3n) is 1.78. The van der Waals surface area contributed by atoms with Crippen molar-refractivity contribution in [2.45, 2.75) is 6.42 Å². The van der Waals surface area contributed by atoms with Crippen molar-refractivity contribution in [1.82, 2.24) is 0 Å². The Kier molecular flexibility index (Phi) is 3.62. The highest BCUT2D eigenvalue weighted by molar-refractivity contribution is 5.95. The molecule has 0 aliphatic heterocycles. The normalized spacial score (nSPS) is 9.06. The van der Waals surface area contributed by atoms with Gasteiger partial charge >= 0.3 is 5.97 Å².